The highest BCUT2D eigenvalue weighted by atomic mass is 19.1. The van der Waals surface area contributed by atoms with Crippen LogP contribution in [0.3, 0.4) is 0 Å². The lowest BCUT2D eigenvalue weighted by Crippen LogP contribution is -2.05. The van der Waals surface area contributed by atoms with Crippen molar-refractivity contribution < 1.29 is 14.3 Å². The highest BCUT2D eigenvalue weighted by Crippen LogP contribution is 2.15. The Morgan fingerprint density at radius 1 is 1.30 bits per heavy atom. The number of carboxylic acid groups (broad SMARTS) is 1. The van der Waals surface area contributed by atoms with E-state index in [0.717, 1.165) is 17.3 Å². The molecule has 0 aliphatic heterocycles. The van der Waals surface area contributed by atoms with Crippen LogP contribution in [0.25, 0.3) is 0 Å². The number of halogens is 1. The third kappa shape index (κ3) is 3.15. The number of hydrogen-bond acceptors (Lipinski definition) is 2. The lowest BCUT2D eigenvalue weighted by molar-refractivity contribution is 0.0696. The quantitative estimate of drug-likeness (QED) is 0.838. The summed E-state index contributed by atoms with van der Waals surface area (Å²) in [5.74, 6) is 0.978. The minimum atomic E-state index is -1.08. The molecular formula is C16H12FNO2. The van der Waals surface area contributed by atoms with Crippen LogP contribution in [-0.4, -0.2) is 11.1 Å². The molecule has 0 amide bonds. The van der Waals surface area contributed by atoms with Crippen molar-refractivity contribution in [2.45, 2.75) is 6.54 Å². The van der Waals surface area contributed by atoms with Crippen molar-refractivity contribution in [3.8, 4) is 12.3 Å². The molecule has 0 unspecified atom stereocenters. The Labute approximate surface area is 116 Å². The highest BCUT2D eigenvalue weighted by Gasteiger charge is 2.08. The molecule has 0 heterocycles. The Morgan fingerprint density at radius 2 is 2.10 bits per heavy atom. The van der Waals surface area contributed by atoms with Crippen molar-refractivity contribution in [3.63, 3.8) is 0 Å². The van der Waals surface area contributed by atoms with Crippen LogP contribution in [0.1, 0.15) is 21.5 Å². The molecule has 3 nitrogen and oxygen atoms in total. The number of rotatable bonds is 4. The zero-order valence-corrected chi connectivity index (χ0v) is 10.6. The molecule has 0 saturated carbocycles. The Hall–Kier alpha value is -2.80. The minimum absolute atomic E-state index is 0.0561. The van der Waals surface area contributed by atoms with E-state index in [1.165, 1.54) is 12.1 Å². The summed E-state index contributed by atoms with van der Waals surface area (Å²) in [4.78, 5) is 10.9. The number of anilines is 1. The molecule has 2 rings (SSSR count). The summed E-state index contributed by atoms with van der Waals surface area (Å²) in [6.07, 6.45) is 5.30. The number of carboxylic acids is 1. The molecule has 4 heteroatoms. The van der Waals surface area contributed by atoms with Crippen molar-refractivity contribution in [1.29, 1.82) is 0 Å². The van der Waals surface area contributed by atoms with E-state index >= 15 is 0 Å². The number of benzene rings is 2. The molecule has 2 N–H and O–H groups in total. The van der Waals surface area contributed by atoms with E-state index in [4.69, 9.17) is 11.5 Å². The van der Waals surface area contributed by atoms with Gasteiger partial charge in [0.15, 0.2) is 0 Å². The highest BCUT2D eigenvalue weighted by molar-refractivity contribution is 5.87. The van der Waals surface area contributed by atoms with Gasteiger partial charge in [0.2, 0.25) is 0 Å². The molecule has 2 aromatic carbocycles. The molecule has 0 radical (unpaired) electrons. The predicted octanol–water partition coefficient (Wildman–Crippen LogP) is 3.12. The monoisotopic (exact) mass is 269 g/mol. The molecule has 20 heavy (non-hydrogen) atoms. The zero-order chi connectivity index (χ0) is 14.5. The second-order valence-electron chi connectivity index (χ2n) is 4.19. The van der Waals surface area contributed by atoms with Crippen LogP contribution >= 0.6 is 0 Å². The largest absolute Gasteiger partial charge is 0.478 e. The number of aromatic carboxylic acids is 1. The van der Waals surface area contributed by atoms with E-state index in [1.54, 1.807) is 24.3 Å². The fourth-order valence-electron chi connectivity index (χ4n) is 1.76. The third-order valence-corrected chi connectivity index (χ3v) is 2.80. The lowest BCUT2D eigenvalue weighted by atomic mass is 10.1. The van der Waals surface area contributed by atoms with Gasteiger partial charge < -0.3 is 10.4 Å². The van der Waals surface area contributed by atoms with Crippen molar-refractivity contribution in [3.05, 3.63) is 65.0 Å². The topological polar surface area (TPSA) is 49.3 Å². The Balaban J connectivity index is 2.16. The first-order valence-electron chi connectivity index (χ1n) is 5.92. The van der Waals surface area contributed by atoms with Gasteiger partial charge >= 0.3 is 5.97 Å². The first kappa shape index (κ1) is 13.6. The van der Waals surface area contributed by atoms with Gasteiger partial charge in [0.25, 0.3) is 0 Å². The Bertz CT molecular complexity index is 689. The maximum absolute atomic E-state index is 13.6. The van der Waals surface area contributed by atoms with Crippen LogP contribution in [0.4, 0.5) is 10.1 Å². The van der Waals surface area contributed by atoms with Gasteiger partial charge in [-0.3, -0.25) is 0 Å². The fourth-order valence-corrected chi connectivity index (χ4v) is 1.76. The molecular weight excluding hydrogens is 257 g/mol. The van der Waals surface area contributed by atoms with Crippen LogP contribution in [0, 0.1) is 18.2 Å². The van der Waals surface area contributed by atoms with E-state index in [9.17, 15) is 9.18 Å². The normalized spacial score (nSPS) is 9.80. The summed E-state index contributed by atoms with van der Waals surface area (Å²) in [5, 5.41) is 11.9. The van der Waals surface area contributed by atoms with Crippen molar-refractivity contribution >= 4 is 11.7 Å². The SMILES string of the molecule is C#Cc1cccc(NCc2cc(C(=O)O)ccc2F)c1. The molecule has 0 bridgehead atoms. The maximum Gasteiger partial charge on any atom is 0.335 e. The van der Waals surface area contributed by atoms with Crippen molar-refractivity contribution in [2.75, 3.05) is 5.32 Å². The van der Waals surface area contributed by atoms with Gasteiger partial charge in [-0.25, -0.2) is 9.18 Å². The van der Waals surface area contributed by atoms with Crippen molar-refractivity contribution in [2.24, 2.45) is 0 Å². The Morgan fingerprint density at radius 3 is 2.80 bits per heavy atom. The Kier molecular flexibility index (Phi) is 4.02. The van der Waals surface area contributed by atoms with Gasteiger partial charge in [-0.15, -0.1) is 6.42 Å². The summed E-state index contributed by atoms with van der Waals surface area (Å²) >= 11 is 0. The molecule has 0 aromatic heterocycles. The van der Waals surface area contributed by atoms with Gasteiger partial charge in [0.05, 0.1) is 5.56 Å². The number of carbonyl (C=O) groups is 1. The van der Waals surface area contributed by atoms with Crippen LogP contribution in [0.5, 0.6) is 0 Å². The average Bonchev–Trinajstić information content (AvgIpc) is 2.46. The van der Waals surface area contributed by atoms with Gasteiger partial charge in [0.1, 0.15) is 5.82 Å². The fraction of sp³-hybridized carbons (Fsp3) is 0.0625. The summed E-state index contributed by atoms with van der Waals surface area (Å²) in [7, 11) is 0. The lowest BCUT2D eigenvalue weighted by Gasteiger charge is -2.08. The van der Waals surface area contributed by atoms with Gasteiger partial charge in [-0.05, 0) is 36.4 Å². The predicted molar refractivity (Wildman–Crippen MR) is 75.1 cm³/mol. The summed E-state index contributed by atoms with van der Waals surface area (Å²) in [6.45, 7) is 0.182. The molecule has 0 aliphatic carbocycles. The first-order valence-corrected chi connectivity index (χ1v) is 5.92. The standard InChI is InChI=1S/C16H12FNO2/c1-2-11-4-3-5-14(8-11)18-10-13-9-12(16(19)20)6-7-15(13)17/h1,3-9,18H,10H2,(H,19,20). The summed E-state index contributed by atoms with van der Waals surface area (Å²) < 4.78 is 13.6. The van der Waals surface area contributed by atoms with E-state index < -0.39 is 11.8 Å². The summed E-state index contributed by atoms with van der Waals surface area (Å²) in [6, 6.07) is 10.9. The molecule has 0 fully saturated rings. The smallest absolute Gasteiger partial charge is 0.335 e. The van der Waals surface area contributed by atoms with E-state index in [2.05, 4.69) is 11.2 Å². The number of nitrogens with one attached hydrogen (secondary N) is 1. The van der Waals surface area contributed by atoms with E-state index in [1.807, 2.05) is 0 Å². The van der Waals surface area contributed by atoms with Crippen LogP contribution in [0.15, 0.2) is 42.5 Å². The van der Waals surface area contributed by atoms with Crippen LogP contribution in [-0.2, 0) is 6.54 Å². The molecule has 0 spiro atoms. The maximum atomic E-state index is 13.6. The summed E-state index contributed by atoms with van der Waals surface area (Å²) in [5.41, 5.74) is 1.81. The third-order valence-electron chi connectivity index (χ3n) is 2.80. The van der Waals surface area contributed by atoms with E-state index in [0.29, 0.717) is 0 Å². The second kappa shape index (κ2) is 5.89. The molecule has 0 saturated heterocycles. The molecule has 0 aliphatic rings. The van der Waals surface area contributed by atoms with Crippen LogP contribution in [0.2, 0.25) is 0 Å². The molecule has 0 atom stereocenters. The molecule has 2 aromatic rings. The second-order valence-corrected chi connectivity index (χ2v) is 4.19. The number of terminal acetylenes is 1. The number of hydrogen-bond donors (Lipinski definition) is 2. The molecule has 100 valence electrons. The van der Waals surface area contributed by atoms with Gasteiger partial charge in [0, 0.05) is 23.4 Å². The van der Waals surface area contributed by atoms with Gasteiger partial charge in [-0.2, -0.15) is 0 Å². The average molecular weight is 269 g/mol. The zero-order valence-electron chi connectivity index (χ0n) is 10.6. The minimum Gasteiger partial charge on any atom is -0.478 e. The van der Waals surface area contributed by atoms with E-state index in [-0.39, 0.29) is 17.7 Å². The van der Waals surface area contributed by atoms with Gasteiger partial charge in [-0.1, -0.05) is 12.0 Å². The van der Waals surface area contributed by atoms with Crippen molar-refractivity contribution in [1.82, 2.24) is 0 Å². The van der Waals surface area contributed by atoms with Crippen LogP contribution < -0.4 is 5.32 Å². The first-order chi connectivity index (χ1) is 9.60.